The minimum atomic E-state index is 0. The highest BCUT2D eigenvalue weighted by molar-refractivity contribution is 7.13. The average molecular weight is 241 g/mol. The van der Waals surface area contributed by atoms with E-state index in [9.17, 15) is 0 Å². The summed E-state index contributed by atoms with van der Waals surface area (Å²) >= 11 is 1.69. The van der Waals surface area contributed by atoms with Gasteiger partial charge in [0.05, 0.1) is 5.69 Å². The Morgan fingerprint density at radius 1 is 1.27 bits per heavy atom. The van der Waals surface area contributed by atoms with Crippen molar-refractivity contribution < 1.29 is 0 Å². The summed E-state index contributed by atoms with van der Waals surface area (Å²) in [6, 6.07) is 10.3. The molecule has 80 valence electrons. The van der Waals surface area contributed by atoms with Gasteiger partial charge in [0, 0.05) is 17.5 Å². The molecule has 2 rings (SSSR count). The lowest BCUT2D eigenvalue weighted by atomic mass is 10.2. The molecule has 1 aromatic heterocycles. The second kappa shape index (κ2) is 5.85. The fraction of sp³-hybridized carbons (Fsp3) is 0.182. The Morgan fingerprint density at radius 2 is 2.00 bits per heavy atom. The van der Waals surface area contributed by atoms with Gasteiger partial charge in [-0.2, -0.15) is 0 Å². The van der Waals surface area contributed by atoms with Crippen LogP contribution in [0.2, 0.25) is 0 Å². The third-order valence-corrected chi connectivity index (χ3v) is 2.87. The van der Waals surface area contributed by atoms with Crippen molar-refractivity contribution in [3.63, 3.8) is 0 Å². The van der Waals surface area contributed by atoms with Crippen LogP contribution in [-0.2, 0) is 6.54 Å². The molecule has 0 saturated heterocycles. The van der Waals surface area contributed by atoms with Crippen LogP contribution in [-0.4, -0.2) is 12.0 Å². The van der Waals surface area contributed by atoms with E-state index in [1.54, 1.807) is 11.3 Å². The van der Waals surface area contributed by atoms with Crippen molar-refractivity contribution >= 4 is 23.7 Å². The van der Waals surface area contributed by atoms with Gasteiger partial charge in [-0.25, -0.2) is 4.98 Å². The van der Waals surface area contributed by atoms with Gasteiger partial charge in [-0.05, 0) is 7.05 Å². The van der Waals surface area contributed by atoms with Crippen LogP contribution in [0.5, 0.6) is 0 Å². The third-order valence-electron chi connectivity index (χ3n) is 1.93. The standard InChI is InChI=1S/C11H12N2S.ClH/c1-12-7-10-8-14-11(13-10)9-5-3-2-4-6-9;/h2-6,8,12H,7H2,1H3;1H. The van der Waals surface area contributed by atoms with Crippen LogP contribution in [0.15, 0.2) is 35.7 Å². The van der Waals surface area contributed by atoms with E-state index in [0.717, 1.165) is 17.2 Å². The molecule has 0 amide bonds. The van der Waals surface area contributed by atoms with Gasteiger partial charge in [-0.15, -0.1) is 23.7 Å². The molecule has 15 heavy (non-hydrogen) atoms. The smallest absolute Gasteiger partial charge is 0.123 e. The van der Waals surface area contributed by atoms with Crippen molar-refractivity contribution in [3.05, 3.63) is 41.4 Å². The summed E-state index contributed by atoms with van der Waals surface area (Å²) in [6.07, 6.45) is 0. The van der Waals surface area contributed by atoms with Crippen LogP contribution in [0, 0.1) is 0 Å². The summed E-state index contributed by atoms with van der Waals surface area (Å²) in [5.74, 6) is 0. The van der Waals surface area contributed by atoms with Crippen molar-refractivity contribution in [3.8, 4) is 10.6 Å². The van der Waals surface area contributed by atoms with Crippen molar-refractivity contribution in [2.75, 3.05) is 7.05 Å². The van der Waals surface area contributed by atoms with Crippen LogP contribution in [0.3, 0.4) is 0 Å². The Balaban J connectivity index is 0.00000112. The Hall–Kier alpha value is -0.900. The molecule has 0 saturated carbocycles. The monoisotopic (exact) mass is 240 g/mol. The molecule has 0 atom stereocenters. The van der Waals surface area contributed by atoms with Gasteiger partial charge in [0.2, 0.25) is 0 Å². The van der Waals surface area contributed by atoms with Crippen LogP contribution in [0.25, 0.3) is 10.6 Å². The zero-order chi connectivity index (χ0) is 9.80. The van der Waals surface area contributed by atoms with Gasteiger partial charge in [0.1, 0.15) is 5.01 Å². The molecule has 0 radical (unpaired) electrons. The van der Waals surface area contributed by atoms with E-state index < -0.39 is 0 Å². The molecule has 1 aromatic carbocycles. The van der Waals surface area contributed by atoms with Crippen LogP contribution >= 0.6 is 23.7 Å². The summed E-state index contributed by atoms with van der Waals surface area (Å²) < 4.78 is 0. The third kappa shape index (κ3) is 3.02. The predicted octanol–water partition coefficient (Wildman–Crippen LogP) is 2.95. The molecule has 2 nitrogen and oxygen atoms in total. The van der Waals surface area contributed by atoms with Gasteiger partial charge in [-0.1, -0.05) is 30.3 Å². The highest BCUT2D eigenvalue weighted by Gasteiger charge is 2.02. The van der Waals surface area contributed by atoms with Crippen LogP contribution in [0.4, 0.5) is 0 Å². The van der Waals surface area contributed by atoms with E-state index in [0.29, 0.717) is 0 Å². The van der Waals surface area contributed by atoms with Crippen molar-refractivity contribution in [2.24, 2.45) is 0 Å². The van der Waals surface area contributed by atoms with Gasteiger partial charge >= 0.3 is 0 Å². The second-order valence-corrected chi connectivity index (χ2v) is 3.90. The Morgan fingerprint density at radius 3 is 2.67 bits per heavy atom. The minimum Gasteiger partial charge on any atom is -0.314 e. The maximum atomic E-state index is 4.53. The summed E-state index contributed by atoms with van der Waals surface area (Å²) in [7, 11) is 1.93. The zero-order valence-electron chi connectivity index (χ0n) is 8.43. The molecule has 1 heterocycles. The highest BCUT2D eigenvalue weighted by atomic mass is 35.5. The number of benzene rings is 1. The van der Waals surface area contributed by atoms with Crippen LogP contribution < -0.4 is 5.32 Å². The number of hydrogen-bond acceptors (Lipinski definition) is 3. The molecule has 0 aliphatic rings. The van der Waals surface area contributed by atoms with Gasteiger partial charge in [-0.3, -0.25) is 0 Å². The highest BCUT2D eigenvalue weighted by Crippen LogP contribution is 2.22. The molecule has 1 N–H and O–H groups in total. The Bertz CT molecular complexity index is 400. The normalized spacial score (nSPS) is 9.67. The van der Waals surface area contributed by atoms with Crippen molar-refractivity contribution in [1.82, 2.24) is 10.3 Å². The molecular weight excluding hydrogens is 228 g/mol. The van der Waals surface area contributed by atoms with E-state index in [4.69, 9.17) is 0 Å². The van der Waals surface area contributed by atoms with E-state index in [1.807, 2.05) is 25.2 Å². The second-order valence-electron chi connectivity index (χ2n) is 3.04. The zero-order valence-corrected chi connectivity index (χ0v) is 10.1. The average Bonchev–Trinajstić information content (AvgIpc) is 2.68. The summed E-state index contributed by atoms with van der Waals surface area (Å²) in [5.41, 5.74) is 2.30. The van der Waals surface area contributed by atoms with Crippen LogP contribution in [0.1, 0.15) is 5.69 Å². The molecule has 0 aliphatic heterocycles. The van der Waals surface area contributed by atoms with Gasteiger partial charge < -0.3 is 5.32 Å². The number of rotatable bonds is 3. The lowest BCUT2D eigenvalue weighted by molar-refractivity contribution is 0.798. The van der Waals surface area contributed by atoms with E-state index in [2.05, 4.69) is 27.8 Å². The summed E-state index contributed by atoms with van der Waals surface area (Å²) in [6.45, 7) is 0.837. The number of thiazole rings is 1. The molecule has 0 bridgehead atoms. The van der Waals surface area contributed by atoms with Crippen molar-refractivity contribution in [1.29, 1.82) is 0 Å². The maximum Gasteiger partial charge on any atom is 0.123 e. The topological polar surface area (TPSA) is 24.9 Å². The number of hydrogen-bond donors (Lipinski definition) is 1. The SMILES string of the molecule is CNCc1csc(-c2ccccc2)n1.Cl. The molecule has 0 aliphatic carbocycles. The number of aromatic nitrogens is 1. The lowest BCUT2D eigenvalue weighted by Crippen LogP contribution is -2.04. The fourth-order valence-corrected chi connectivity index (χ4v) is 2.11. The quantitative estimate of drug-likeness (QED) is 0.893. The molecule has 2 aromatic rings. The van der Waals surface area contributed by atoms with Crippen molar-refractivity contribution in [2.45, 2.75) is 6.54 Å². The van der Waals surface area contributed by atoms with E-state index in [-0.39, 0.29) is 12.4 Å². The number of nitrogens with one attached hydrogen (secondary N) is 1. The maximum absolute atomic E-state index is 4.53. The number of halogens is 1. The molecule has 0 spiro atoms. The Kier molecular flexibility index (Phi) is 4.75. The molecule has 4 heteroatoms. The predicted molar refractivity (Wildman–Crippen MR) is 67.6 cm³/mol. The minimum absolute atomic E-state index is 0. The number of nitrogens with zero attached hydrogens (tertiary/aromatic N) is 1. The molecular formula is C11H13ClN2S. The first-order valence-corrected chi connectivity index (χ1v) is 5.42. The van der Waals surface area contributed by atoms with E-state index in [1.165, 1.54) is 5.56 Å². The summed E-state index contributed by atoms with van der Waals surface area (Å²) in [4.78, 5) is 4.53. The first-order valence-electron chi connectivity index (χ1n) is 4.54. The largest absolute Gasteiger partial charge is 0.314 e. The molecule has 0 unspecified atom stereocenters. The Labute approximate surface area is 99.8 Å². The lowest BCUT2D eigenvalue weighted by Gasteiger charge is -1.94. The van der Waals surface area contributed by atoms with Gasteiger partial charge in [0.25, 0.3) is 0 Å². The fourth-order valence-electron chi connectivity index (χ4n) is 1.28. The first-order chi connectivity index (χ1) is 6.90. The molecule has 0 fully saturated rings. The first kappa shape index (κ1) is 12.2. The summed E-state index contributed by atoms with van der Waals surface area (Å²) in [5, 5.41) is 6.28. The van der Waals surface area contributed by atoms with Gasteiger partial charge in [0.15, 0.2) is 0 Å². The van der Waals surface area contributed by atoms with E-state index >= 15 is 0 Å².